The van der Waals surface area contributed by atoms with Gasteiger partial charge in [0.25, 0.3) is 0 Å². The average Bonchev–Trinajstić information content (AvgIpc) is 2.74. The minimum atomic E-state index is -1.26. The SMILES string of the molecule is CCCCCCCCCCCCCCCCCOC(=O)Nc1ccc(O)c(C(=O)O)c1. The largest absolute Gasteiger partial charge is 0.507 e. The van der Waals surface area contributed by atoms with Crippen LogP contribution in [0.3, 0.4) is 0 Å². The van der Waals surface area contributed by atoms with E-state index in [1.54, 1.807) is 0 Å². The van der Waals surface area contributed by atoms with Crippen molar-refractivity contribution in [3.05, 3.63) is 23.8 Å². The molecule has 0 unspecified atom stereocenters. The highest BCUT2D eigenvalue weighted by molar-refractivity contribution is 5.93. The van der Waals surface area contributed by atoms with E-state index in [0.717, 1.165) is 19.3 Å². The monoisotopic (exact) mass is 435 g/mol. The van der Waals surface area contributed by atoms with Crippen molar-refractivity contribution in [1.82, 2.24) is 0 Å². The zero-order valence-corrected chi connectivity index (χ0v) is 19.2. The van der Waals surface area contributed by atoms with Gasteiger partial charge in [-0.15, -0.1) is 0 Å². The van der Waals surface area contributed by atoms with Gasteiger partial charge in [-0.05, 0) is 24.6 Å². The number of carbonyl (C=O) groups is 2. The lowest BCUT2D eigenvalue weighted by molar-refractivity contribution is 0.0693. The molecule has 0 heterocycles. The standard InChI is InChI=1S/C25H41NO5/c1-2-3-4-5-6-7-8-9-10-11-12-13-14-15-16-19-31-25(30)26-21-17-18-23(27)22(20-21)24(28)29/h17-18,20,27H,2-16,19H2,1H3,(H,26,30)(H,28,29). The Labute approximate surface area is 187 Å². The average molecular weight is 436 g/mol. The highest BCUT2D eigenvalue weighted by Gasteiger charge is 2.11. The molecule has 0 aliphatic carbocycles. The molecule has 0 aliphatic heterocycles. The van der Waals surface area contributed by atoms with Gasteiger partial charge in [0.15, 0.2) is 0 Å². The molecular formula is C25H41NO5. The molecule has 0 radical (unpaired) electrons. The summed E-state index contributed by atoms with van der Waals surface area (Å²) in [4.78, 5) is 22.8. The third-order valence-corrected chi connectivity index (χ3v) is 5.45. The predicted octanol–water partition coefficient (Wildman–Crippen LogP) is 7.51. The minimum Gasteiger partial charge on any atom is -0.507 e. The third-order valence-electron chi connectivity index (χ3n) is 5.45. The number of amides is 1. The van der Waals surface area contributed by atoms with Crippen molar-refractivity contribution in [3.8, 4) is 5.75 Å². The fraction of sp³-hybridized carbons (Fsp3) is 0.680. The summed E-state index contributed by atoms with van der Waals surface area (Å²) in [5.74, 6) is -1.60. The molecule has 6 heteroatoms. The molecule has 0 saturated carbocycles. The zero-order chi connectivity index (χ0) is 22.7. The van der Waals surface area contributed by atoms with E-state index >= 15 is 0 Å². The van der Waals surface area contributed by atoms with Crippen molar-refractivity contribution >= 4 is 17.7 Å². The summed E-state index contributed by atoms with van der Waals surface area (Å²) in [5, 5.41) is 20.9. The summed E-state index contributed by atoms with van der Waals surface area (Å²) in [7, 11) is 0. The van der Waals surface area contributed by atoms with Gasteiger partial charge in [0.05, 0.1) is 6.61 Å². The molecule has 0 aromatic heterocycles. The fourth-order valence-electron chi connectivity index (χ4n) is 3.58. The molecule has 0 spiro atoms. The number of benzene rings is 1. The van der Waals surface area contributed by atoms with Crippen LogP contribution in [0.5, 0.6) is 5.75 Å². The zero-order valence-electron chi connectivity index (χ0n) is 19.2. The molecule has 0 bridgehead atoms. The van der Waals surface area contributed by atoms with Gasteiger partial charge in [-0.25, -0.2) is 9.59 Å². The van der Waals surface area contributed by atoms with Crippen LogP contribution in [0.4, 0.5) is 10.5 Å². The van der Waals surface area contributed by atoms with E-state index in [2.05, 4.69) is 12.2 Å². The summed E-state index contributed by atoms with van der Waals surface area (Å²) in [6.45, 7) is 2.60. The molecule has 1 amide bonds. The highest BCUT2D eigenvalue weighted by Crippen LogP contribution is 2.21. The lowest BCUT2D eigenvalue weighted by atomic mass is 10.0. The first kappa shape index (κ1) is 26.8. The van der Waals surface area contributed by atoms with Crippen LogP contribution in [0.1, 0.15) is 114 Å². The lowest BCUT2D eigenvalue weighted by Crippen LogP contribution is -2.14. The summed E-state index contributed by atoms with van der Waals surface area (Å²) in [5.41, 5.74) is 0.0110. The quantitative estimate of drug-likeness (QED) is 0.164. The van der Waals surface area contributed by atoms with Crippen molar-refractivity contribution in [2.45, 2.75) is 103 Å². The molecule has 0 aliphatic rings. The number of hydrogen-bond acceptors (Lipinski definition) is 4. The maximum absolute atomic E-state index is 11.8. The van der Waals surface area contributed by atoms with Gasteiger partial charge in [-0.3, -0.25) is 5.32 Å². The number of phenols is 1. The molecule has 1 rings (SSSR count). The fourth-order valence-corrected chi connectivity index (χ4v) is 3.58. The molecule has 176 valence electrons. The van der Waals surface area contributed by atoms with Crippen molar-refractivity contribution in [2.24, 2.45) is 0 Å². The van der Waals surface area contributed by atoms with Crippen LogP contribution in [0.2, 0.25) is 0 Å². The molecule has 6 nitrogen and oxygen atoms in total. The Balaban J connectivity index is 1.92. The number of hydrogen-bond donors (Lipinski definition) is 3. The summed E-state index contributed by atoms with van der Waals surface area (Å²) < 4.78 is 5.13. The number of carbonyl (C=O) groups excluding carboxylic acids is 1. The first-order valence-electron chi connectivity index (χ1n) is 12.0. The molecule has 31 heavy (non-hydrogen) atoms. The normalized spacial score (nSPS) is 10.7. The Morgan fingerprint density at radius 2 is 1.29 bits per heavy atom. The van der Waals surface area contributed by atoms with Crippen LogP contribution in [0, 0.1) is 0 Å². The molecular weight excluding hydrogens is 394 g/mol. The number of unbranched alkanes of at least 4 members (excludes halogenated alkanes) is 14. The van der Waals surface area contributed by atoms with E-state index in [4.69, 9.17) is 9.84 Å². The Morgan fingerprint density at radius 3 is 1.77 bits per heavy atom. The number of nitrogens with one attached hydrogen (secondary N) is 1. The van der Waals surface area contributed by atoms with E-state index in [0.29, 0.717) is 6.61 Å². The van der Waals surface area contributed by atoms with E-state index < -0.39 is 12.1 Å². The van der Waals surface area contributed by atoms with Gasteiger partial charge in [-0.2, -0.15) is 0 Å². The van der Waals surface area contributed by atoms with Gasteiger partial charge < -0.3 is 14.9 Å². The van der Waals surface area contributed by atoms with Crippen LogP contribution in [0.15, 0.2) is 18.2 Å². The Morgan fingerprint density at radius 1 is 0.806 bits per heavy atom. The van der Waals surface area contributed by atoms with Crippen molar-refractivity contribution < 1.29 is 24.5 Å². The Bertz CT molecular complexity index is 632. The number of carboxylic acid groups (broad SMARTS) is 1. The predicted molar refractivity (Wildman–Crippen MR) is 125 cm³/mol. The second-order valence-corrected chi connectivity index (χ2v) is 8.25. The number of anilines is 1. The van der Waals surface area contributed by atoms with Gasteiger partial charge >= 0.3 is 12.1 Å². The van der Waals surface area contributed by atoms with Crippen molar-refractivity contribution in [3.63, 3.8) is 0 Å². The van der Waals surface area contributed by atoms with Crippen molar-refractivity contribution in [1.29, 1.82) is 0 Å². The number of carboxylic acids is 1. The summed E-state index contributed by atoms with van der Waals surface area (Å²) in [6.07, 6.45) is 18.6. The van der Waals surface area contributed by atoms with Crippen LogP contribution in [-0.4, -0.2) is 28.9 Å². The molecule has 0 atom stereocenters. The van der Waals surface area contributed by atoms with Crippen LogP contribution in [-0.2, 0) is 4.74 Å². The molecule has 0 saturated heterocycles. The smallest absolute Gasteiger partial charge is 0.411 e. The van der Waals surface area contributed by atoms with E-state index in [1.807, 2.05) is 0 Å². The number of aromatic hydroxyl groups is 1. The third kappa shape index (κ3) is 13.6. The minimum absolute atomic E-state index is 0.264. The van der Waals surface area contributed by atoms with Gasteiger partial charge in [0, 0.05) is 5.69 Å². The van der Waals surface area contributed by atoms with Gasteiger partial charge in [0.1, 0.15) is 11.3 Å². The van der Waals surface area contributed by atoms with E-state index in [-0.39, 0.29) is 17.0 Å². The highest BCUT2D eigenvalue weighted by atomic mass is 16.5. The van der Waals surface area contributed by atoms with Gasteiger partial charge in [-0.1, -0.05) is 96.8 Å². The second-order valence-electron chi connectivity index (χ2n) is 8.25. The maximum Gasteiger partial charge on any atom is 0.411 e. The molecule has 3 N–H and O–H groups in total. The topological polar surface area (TPSA) is 95.9 Å². The maximum atomic E-state index is 11.8. The molecule has 0 fully saturated rings. The number of rotatable bonds is 18. The van der Waals surface area contributed by atoms with Gasteiger partial charge in [0.2, 0.25) is 0 Å². The van der Waals surface area contributed by atoms with Crippen LogP contribution >= 0.6 is 0 Å². The van der Waals surface area contributed by atoms with E-state index in [9.17, 15) is 14.7 Å². The molecule has 1 aromatic carbocycles. The summed E-state index contributed by atoms with van der Waals surface area (Å²) in [6, 6.07) is 3.86. The Hall–Kier alpha value is -2.24. The van der Waals surface area contributed by atoms with Crippen LogP contribution < -0.4 is 5.32 Å². The lowest BCUT2D eigenvalue weighted by Gasteiger charge is -2.08. The first-order valence-corrected chi connectivity index (χ1v) is 12.0. The second kappa shape index (κ2) is 17.4. The number of aromatic carboxylic acids is 1. The van der Waals surface area contributed by atoms with Crippen molar-refractivity contribution in [2.75, 3.05) is 11.9 Å². The van der Waals surface area contributed by atoms with E-state index in [1.165, 1.54) is 95.2 Å². The summed E-state index contributed by atoms with van der Waals surface area (Å²) >= 11 is 0. The molecule has 1 aromatic rings. The first-order chi connectivity index (χ1) is 15.0. The Kier molecular flexibility index (Phi) is 15.1. The number of ether oxygens (including phenoxy) is 1. The van der Waals surface area contributed by atoms with Crippen LogP contribution in [0.25, 0.3) is 0 Å².